The maximum absolute atomic E-state index is 13.9. The highest BCUT2D eigenvalue weighted by Crippen LogP contribution is 2.66. The number of benzene rings is 2. The Labute approximate surface area is 184 Å². The predicted octanol–water partition coefficient (Wildman–Crippen LogP) is 5.17. The van der Waals surface area contributed by atoms with Crippen LogP contribution in [0.5, 0.6) is 11.5 Å². The Bertz CT molecular complexity index is 984. The van der Waals surface area contributed by atoms with E-state index < -0.39 is 0 Å². The van der Waals surface area contributed by atoms with Crippen molar-refractivity contribution in [1.82, 2.24) is 5.32 Å². The van der Waals surface area contributed by atoms with Gasteiger partial charge in [0.25, 0.3) is 0 Å². The van der Waals surface area contributed by atoms with Crippen LogP contribution in [0.15, 0.2) is 48.5 Å². The molecule has 1 amide bonds. The maximum Gasteiger partial charge on any atom is 0.226 e. The molecule has 2 aromatic rings. The molecule has 0 radical (unpaired) electrons. The average Bonchev–Trinajstić information content (AvgIpc) is 2.78. The Kier molecular flexibility index (Phi) is 4.35. The van der Waals surface area contributed by atoms with E-state index in [2.05, 4.69) is 35.6 Å². The summed E-state index contributed by atoms with van der Waals surface area (Å²) in [6.07, 6.45) is 7.69. The number of carbonyl (C=O) groups is 1. The molecule has 0 aromatic heterocycles. The molecule has 4 fully saturated rings. The van der Waals surface area contributed by atoms with E-state index in [1.807, 2.05) is 18.2 Å². The standard InChI is InChI=1S/C27H31NO3/c1-30-21-8-6-20(7-9-21)26-13-18-12-19(14-26)16-27(15-18,17-26)25(29)28-23-10-11-31-24-5-3-2-4-22(23)24/h2-9,18-19,23H,10-17H2,1H3,(H,28,29)/t18-,19-,23+,26?,27?/m1/s1. The van der Waals surface area contributed by atoms with Crippen molar-refractivity contribution in [2.75, 3.05) is 13.7 Å². The number of amides is 1. The number of hydrogen-bond donors (Lipinski definition) is 1. The van der Waals surface area contributed by atoms with Crippen LogP contribution in [-0.2, 0) is 10.2 Å². The molecule has 1 heterocycles. The summed E-state index contributed by atoms with van der Waals surface area (Å²) in [4.78, 5) is 13.9. The molecule has 4 saturated carbocycles. The SMILES string of the molecule is COc1ccc(C23C[C@H]4C[C@@H](CC(C(=O)N[C@H]5CCOc6ccccc65)(C4)C2)C3)cc1. The summed E-state index contributed by atoms with van der Waals surface area (Å²) in [5.41, 5.74) is 2.44. The summed E-state index contributed by atoms with van der Waals surface area (Å²) in [6, 6.07) is 16.9. The van der Waals surface area contributed by atoms with Crippen LogP contribution in [0.2, 0.25) is 0 Å². The van der Waals surface area contributed by atoms with Crippen LogP contribution in [0.1, 0.15) is 62.1 Å². The second kappa shape index (κ2) is 7.01. The number of nitrogens with one attached hydrogen (secondary N) is 1. The first kappa shape index (κ1) is 19.2. The highest BCUT2D eigenvalue weighted by Gasteiger charge is 2.61. The highest BCUT2D eigenvalue weighted by molar-refractivity contribution is 5.84. The molecule has 2 aromatic carbocycles. The number of fused-ring (bicyclic) bond motifs is 1. The van der Waals surface area contributed by atoms with Gasteiger partial charge < -0.3 is 14.8 Å². The maximum atomic E-state index is 13.9. The molecule has 0 saturated heterocycles. The van der Waals surface area contributed by atoms with Gasteiger partial charge in [0.15, 0.2) is 0 Å². The molecule has 0 unspecified atom stereocenters. The number of rotatable bonds is 4. The van der Waals surface area contributed by atoms with E-state index in [0.717, 1.165) is 42.7 Å². The van der Waals surface area contributed by atoms with Gasteiger partial charge in [0.1, 0.15) is 11.5 Å². The molecular weight excluding hydrogens is 386 g/mol. The summed E-state index contributed by atoms with van der Waals surface area (Å²) >= 11 is 0. The quantitative estimate of drug-likeness (QED) is 0.746. The van der Waals surface area contributed by atoms with Gasteiger partial charge in [-0.3, -0.25) is 4.79 Å². The van der Waals surface area contributed by atoms with Gasteiger partial charge >= 0.3 is 0 Å². The topological polar surface area (TPSA) is 47.6 Å². The van der Waals surface area contributed by atoms with Crippen molar-refractivity contribution in [3.8, 4) is 11.5 Å². The molecule has 4 aliphatic carbocycles. The zero-order valence-electron chi connectivity index (χ0n) is 18.2. The van der Waals surface area contributed by atoms with Crippen LogP contribution in [0.3, 0.4) is 0 Å². The normalized spacial score (nSPS) is 35.2. The average molecular weight is 418 g/mol. The van der Waals surface area contributed by atoms with Crippen LogP contribution in [0.25, 0.3) is 0 Å². The van der Waals surface area contributed by atoms with Crippen LogP contribution in [0, 0.1) is 17.3 Å². The van der Waals surface area contributed by atoms with E-state index in [-0.39, 0.29) is 22.8 Å². The third kappa shape index (κ3) is 3.06. The second-order valence-electron chi connectivity index (χ2n) is 10.5. The number of para-hydroxylation sites is 1. The minimum Gasteiger partial charge on any atom is -0.497 e. The molecule has 0 spiro atoms. The fourth-order valence-electron chi connectivity index (χ4n) is 7.61. The van der Waals surface area contributed by atoms with Crippen molar-refractivity contribution in [3.63, 3.8) is 0 Å². The monoisotopic (exact) mass is 417 g/mol. The molecule has 4 heteroatoms. The van der Waals surface area contributed by atoms with Gasteiger partial charge in [-0.2, -0.15) is 0 Å². The molecule has 4 bridgehead atoms. The largest absolute Gasteiger partial charge is 0.497 e. The highest BCUT2D eigenvalue weighted by atomic mass is 16.5. The molecule has 4 nitrogen and oxygen atoms in total. The first-order valence-electron chi connectivity index (χ1n) is 11.8. The Morgan fingerprint density at radius 1 is 1.03 bits per heavy atom. The Morgan fingerprint density at radius 2 is 1.77 bits per heavy atom. The van der Waals surface area contributed by atoms with Gasteiger partial charge in [0.05, 0.1) is 25.2 Å². The lowest BCUT2D eigenvalue weighted by atomic mass is 9.42. The molecule has 1 N–H and O–H groups in total. The lowest BCUT2D eigenvalue weighted by Gasteiger charge is -2.61. The fourth-order valence-corrected chi connectivity index (χ4v) is 7.61. The van der Waals surface area contributed by atoms with Gasteiger partial charge in [-0.1, -0.05) is 30.3 Å². The molecular formula is C27H31NO3. The van der Waals surface area contributed by atoms with E-state index in [1.54, 1.807) is 7.11 Å². The van der Waals surface area contributed by atoms with Crippen LogP contribution in [0.4, 0.5) is 0 Å². The smallest absolute Gasteiger partial charge is 0.226 e. The van der Waals surface area contributed by atoms with Crippen molar-refractivity contribution in [2.24, 2.45) is 17.3 Å². The molecule has 1 aliphatic heterocycles. The van der Waals surface area contributed by atoms with E-state index >= 15 is 0 Å². The number of methoxy groups -OCH3 is 1. The summed E-state index contributed by atoms with van der Waals surface area (Å²) in [5, 5.41) is 3.48. The second-order valence-corrected chi connectivity index (χ2v) is 10.5. The van der Waals surface area contributed by atoms with Gasteiger partial charge in [-0.25, -0.2) is 0 Å². The van der Waals surface area contributed by atoms with Crippen LogP contribution >= 0.6 is 0 Å². The first-order chi connectivity index (χ1) is 15.1. The lowest BCUT2D eigenvalue weighted by Crippen LogP contribution is -2.59. The van der Waals surface area contributed by atoms with Gasteiger partial charge in [0, 0.05) is 12.0 Å². The van der Waals surface area contributed by atoms with Crippen LogP contribution in [-0.4, -0.2) is 19.6 Å². The van der Waals surface area contributed by atoms with Crippen molar-refractivity contribution in [2.45, 2.75) is 56.4 Å². The zero-order valence-corrected chi connectivity index (χ0v) is 18.2. The molecule has 31 heavy (non-hydrogen) atoms. The van der Waals surface area contributed by atoms with Gasteiger partial charge in [-0.05, 0) is 79.5 Å². The van der Waals surface area contributed by atoms with Crippen molar-refractivity contribution < 1.29 is 14.3 Å². The Hall–Kier alpha value is -2.49. The number of hydrogen-bond acceptors (Lipinski definition) is 3. The number of ether oxygens (including phenoxy) is 2. The summed E-state index contributed by atoms with van der Waals surface area (Å²) in [6.45, 7) is 0.663. The third-order valence-corrected chi connectivity index (χ3v) is 8.51. The van der Waals surface area contributed by atoms with Gasteiger partial charge in [0.2, 0.25) is 5.91 Å². The van der Waals surface area contributed by atoms with E-state index in [1.165, 1.54) is 24.8 Å². The minimum atomic E-state index is -0.225. The molecule has 7 rings (SSSR count). The predicted molar refractivity (Wildman–Crippen MR) is 119 cm³/mol. The van der Waals surface area contributed by atoms with Crippen molar-refractivity contribution in [3.05, 3.63) is 59.7 Å². The summed E-state index contributed by atoms with van der Waals surface area (Å²) < 4.78 is 11.2. The van der Waals surface area contributed by atoms with E-state index in [4.69, 9.17) is 9.47 Å². The molecule has 3 atom stereocenters. The van der Waals surface area contributed by atoms with Gasteiger partial charge in [-0.15, -0.1) is 0 Å². The van der Waals surface area contributed by atoms with Crippen molar-refractivity contribution >= 4 is 5.91 Å². The van der Waals surface area contributed by atoms with Crippen LogP contribution < -0.4 is 14.8 Å². The Morgan fingerprint density at radius 3 is 2.52 bits per heavy atom. The van der Waals surface area contributed by atoms with E-state index in [0.29, 0.717) is 18.4 Å². The molecule has 162 valence electrons. The lowest BCUT2D eigenvalue weighted by molar-refractivity contribution is -0.150. The summed E-state index contributed by atoms with van der Waals surface area (Å²) in [5.74, 6) is 3.42. The Balaban J connectivity index is 1.29. The first-order valence-corrected chi connectivity index (χ1v) is 11.8. The number of carbonyl (C=O) groups excluding carboxylic acids is 1. The summed E-state index contributed by atoms with van der Waals surface area (Å²) in [7, 11) is 1.72. The molecule has 5 aliphatic rings. The minimum absolute atomic E-state index is 0.0578. The third-order valence-electron chi connectivity index (χ3n) is 8.51. The zero-order chi connectivity index (χ0) is 21.1. The van der Waals surface area contributed by atoms with E-state index in [9.17, 15) is 4.79 Å². The van der Waals surface area contributed by atoms with Crippen molar-refractivity contribution in [1.29, 1.82) is 0 Å². The fraction of sp³-hybridized carbons (Fsp3) is 0.519.